The van der Waals surface area contributed by atoms with E-state index < -0.39 is 0 Å². The molecule has 0 saturated heterocycles. The fourth-order valence-electron chi connectivity index (χ4n) is 3.53. The molecule has 0 bridgehead atoms. The van der Waals surface area contributed by atoms with Crippen molar-refractivity contribution in [1.82, 2.24) is 24.6 Å². The second kappa shape index (κ2) is 7.59. The lowest BCUT2D eigenvalue weighted by Gasteiger charge is -2.20. The molecular formula is C20H25N7O2. The van der Waals surface area contributed by atoms with Crippen LogP contribution in [0.15, 0.2) is 29.1 Å². The number of nitrogens with one attached hydrogen (secondary N) is 3. The SMILES string of the molecule is CNc1cc(C)nc(Nc2ccc(OC)c(-n3[nH]c4c(c3=O)CN(C)CC4)c2)n1. The Bertz CT molecular complexity index is 1100. The number of H-pyrrole nitrogens is 1. The molecule has 2 aromatic heterocycles. The van der Waals surface area contributed by atoms with Gasteiger partial charge in [-0.2, -0.15) is 4.98 Å². The molecule has 1 aliphatic rings. The Balaban J connectivity index is 1.74. The van der Waals surface area contributed by atoms with Crippen molar-refractivity contribution < 1.29 is 4.74 Å². The van der Waals surface area contributed by atoms with Crippen LogP contribution in [0.3, 0.4) is 0 Å². The average Bonchev–Trinajstić information content (AvgIpc) is 3.03. The maximum absolute atomic E-state index is 13.0. The van der Waals surface area contributed by atoms with Crippen molar-refractivity contribution in [3.8, 4) is 11.4 Å². The Morgan fingerprint density at radius 3 is 2.83 bits per heavy atom. The number of aromatic amines is 1. The lowest BCUT2D eigenvalue weighted by molar-refractivity contribution is 0.311. The van der Waals surface area contributed by atoms with Gasteiger partial charge in [0.25, 0.3) is 5.56 Å². The number of likely N-dealkylation sites (N-methyl/N-ethyl adjacent to an activating group) is 1. The molecule has 0 radical (unpaired) electrons. The molecule has 0 aliphatic carbocycles. The molecule has 0 atom stereocenters. The normalized spacial score (nSPS) is 13.8. The predicted octanol–water partition coefficient (Wildman–Crippen LogP) is 2.05. The Kier molecular flexibility index (Phi) is 4.98. The Morgan fingerprint density at radius 2 is 2.07 bits per heavy atom. The van der Waals surface area contributed by atoms with E-state index in [4.69, 9.17) is 4.74 Å². The third-order valence-electron chi connectivity index (χ3n) is 5.03. The van der Waals surface area contributed by atoms with Gasteiger partial charge in [-0.25, -0.2) is 9.67 Å². The lowest BCUT2D eigenvalue weighted by atomic mass is 10.1. The number of methoxy groups -OCH3 is 1. The molecule has 0 amide bonds. The number of nitrogens with zero attached hydrogens (tertiary/aromatic N) is 4. The standard InChI is InChI=1S/C20H25N7O2/c1-12-9-18(21-2)24-20(22-12)23-13-5-6-17(29-4)16(10-13)27-19(28)14-11-26(3)8-7-15(14)25-27/h5-6,9-10,25H,7-8,11H2,1-4H3,(H2,21,22,23,24). The van der Waals surface area contributed by atoms with Gasteiger partial charge in [0.15, 0.2) is 0 Å². The zero-order chi connectivity index (χ0) is 20.5. The van der Waals surface area contributed by atoms with Gasteiger partial charge in [-0.05, 0) is 32.2 Å². The minimum Gasteiger partial charge on any atom is -0.494 e. The number of hydrogen-bond acceptors (Lipinski definition) is 7. The van der Waals surface area contributed by atoms with Crippen LogP contribution in [0.4, 0.5) is 17.5 Å². The van der Waals surface area contributed by atoms with Gasteiger partial charge in [-0.1, -0.05) is 0 Å². The zero-order valence-corrected chi connectivity index (χ0v) is 17.0. The maximum atomic E-state index is 13.0. The molecule has 1 aromatic carbocycles. The van der Waals surface area contributed by atoms with Gasteiger partial charge in [-0.3, -0.25) is 9.89 Å². The summed E-state index contributed by atoms with van der Waals surface area (Å²) in [6.07, 6.45) is 0.818. The van der Waals surface area contributed by atoms with E-state index in [0.717, 1.165) is 41.4 Å². The number of aromatic nitrogens is 4. The lowest BCUT2D eigenvalue weighted by Crippen LogP contribution is -2.29. The number of fused-ring (bicyclic) bond motifs is 1. The van der Waals surface area contributed by atoms with Gasteiger partial charge in [0.2, 0.25) is 5.95 Å². The second-order valence-corrected chi connectivity index (χ2v) is 7.18. The molecule has 4 rings (SSSR count). The first-order valence-electron chi connectivity index (χ1n) is 9.48. The highest BCUT2D eigenvalue weighted by Gasteiger charge is 2.22. The summed E-state index contributed by atoms with van der Waals surface area (Å²) in [7, 11) is 5.43. The van der Waals surface area contributed by atoms with Crippen LogP contribution < -0.4 is 20.9 Å². The quantitative estimate of drug-likeness (QED) is 0.608. The number of benzene rings is 1. The van der Waals surface area contributed by atoms with E-state index in [1.54, 1.807) is 11.8 Å². The molecule has 0 unspecified atom stereocenters. The molecule has 0 saturated carbocycles. The average molecular weight is 395 g/mol. The van der Waals surface area contributed by atoms with Gasteiger partial charge < -0.3 is 20.3 Å². The fraction of sp³-hybridized carbons (Fsp3) is 0.350. The maximum Gasteiger partial charge on any atom is 0.276 e. The highest BCUT2D eigenvalue weighted by Crippen LogP contribution is 2.27. The van der Waals surface area contributed by atoms with E-state index in [9.17, 15) is 4.79 Å². The third kappa shape index (κ3) is 3.68. The minimum absolute atomic E-state index is 0.0497. The molecule has 3 N–H and O–H groups in total. The Morgan fingerprint density at radius 1 is 1.24 bits per heavy atom. The third-order valence-corrected chi connectivity index (χ3v) is 5.03. The number of rotatable bonds is 5. The van der Waals surface area contributed by atoms with Crippen molar-refractivity contribution >= 4 is 17.5 Å². The summed E-state index contributed by atoms with van der Waals surface area (Å²) in [6.45, 7) is 3.47. The summed E-state index contributed by atoms with van der Waals surface area (Å²) in [4.78, 5) is 24.0. The summed E-state index contributed by atoms with van der Waals surface area (Å²) in [6, 6.07) is 7.42. The van der Waals surface area contributed by atoms with E-state index in [2.05, 4.69) is 30.6 Å². The van der Waals surface area contributed by atoms with Crippen LogP contribution in [-0.2, 0) is 13.0 Å². The van der Waals surface area contributed by atoms with Gasteiger partial charge in [0.1, 0.15) is 17.3 Å². The van der Waals surface area contributed by atoms with Crippen molar-refractivity contribution in [1.29, 1.82) is 0 Å². The first-order chi connectivity index (χ1) is 14.0. The molecule has 3 aromatic rings. The summed E-state index contributed by atoms with van der Waals surface area (Å²) >= 11 is 0. The van der Waals surface area contributed by atoms with Crippen molar-refractivity contribution in [2.75, 3.05) is 38.4 Å². The predicted molar refractivity (Wildman–Crippen MR) is 113 cm³/mol. The van der Waals surface area contributed by atoms with E-state index >= 15 is 0 Å². The Hall–Kier alpha value is -3.33. The van der Waals surface area contributed by atoms with Crippen molar-refractivity contribution in [2.24, 2.45) is 0 Å². The fourth-order valence-corrected chi connectivity index (χ4v) is 3.53. The summed E-state index contributed by atoms with van der Waals surface area (Å²) in [5.74, 6) is 1.81. The second-order valence-electron chi connectivity index (χ2n) is 7.18. The van der Waals surface area contributed by atoms with Gasteiger partial charge in [-0.15, -0.1) is 0 Å². The molecule has 9 heteroatoms. The van der Waals surface area contributed by atoms with Crippen molar-refractivity contribution in [3.63, 3.8) is 0 Å². The summed E-state index contributed by atoms with van der Waals surface area (Å²) in [5.41, 5.74) is 3.98. The van der Waals surface area contributed by atoms with Crippen LogP contribution in [0.25, 0.3) is 5.69 Å². The van der Waals surface area contributed by atoms with E-state index in [1.165, 1.54) is 0 Å². The molecule has 0 fully saturated rings. The van der Waals surface area contributed by atoms with Crippen LogP contribution in [0.5, 0.6) is 5.75 Å². The van der Waals surface area contributed by atoms with Crippen LogP contribution in [0, 0.1) is 6.92 Å². The molecule has 152 valence electrons. The topological polar surface area (TPSA) is 100 Å². The minimum atomic E-state index is -0.0497. The summed E-state index contributed by atoms with van der Waals surface area (Å²) in [5, 5.41) is 9.50. The van der Waals surface area contributed by atoms with Crippen LogP contribution in [0.1, 0.15) is 17.0 Å². The van der Waals surface area contributed by atoms with E-state index in [-0.39, 0.29) is 5.56 Å². The van der Waals surface area contributed by atoms with Crippen molar-refractivity contribution in [2.45, 2.75) is 19.9 Å². The Labute approximate surface area is 168 Å². The largest absolute Gasteiger partial charge is 0.494 e. The van der Waals surface area contributed by atoms with Crippen LogP contribution in [0.2, 0.25) is 0 Å². The smallest absolute Gasteiger partial charge is 0.276 e. The van der Waals surface area contributed by atoms with Crippen LogP contribution >= 0.6 is 0 Å². The molecule has 1 aliphatic heterocycles. The van der Waals surface area contributed by atoms with Crippen LogP contribution in [-0.4, -0.2) is 52.4 Å². The van der Waals surface area contributed by atoms with Crippen molar-refractivity contribution in [3.05, 3.63) is 51.6 Å². The number of aryl methyl sites for hydroxylation is 1. The number of hydrogen-bond donors (Lipinski definition) is 3. The zero-order valence-electron chi connectivity index (χ0n) is 17.0. The highest BCUT2D eigenvalue weighted by atomic mass is 16.5. The molecule has 29 heavy (non-hydrogen) atoms. The first kappa shape index (κ1) is 19.0. The van der Waals surface area contributed by atoms with E-state index in [1.807, 2.05) is 45.3 Å². The van der Waals surface area contributed by atoms with Gasteiger partial charge >= 0.3 is 0 Å². The molecule has 9 nitrogen and oxygen atoms in total. The number of ether oxygens (including phenoxy) is 1. The number of anilines is 3. The van der Waals surface area contributed by atoms with E-state index in [0.29, 0.717) is 23.9 Å². The summed E-state index contributed by atoms with van der Waals surface area (Å²) < 4.78 is 7.07. The highest BCUT2D eigenvalue weighted by molar-refractivity contribution is 5.63. The molecular weight excluding hydrogens is 370 g/mol. The monoisotopic (exact) mass is 395 g/mol. The molecule has 3 heterocycles. The van der Waals surface area contributed by atoms with Gasteiger partial charge in [0, 0.05) is 49.7 Å². The molecule has 0 spiro atoms. The first-order valence-corrected chi connectivity index (χ1v) is 9.48. The van der Waals surface area contributed by atoms with Gasteiger partial charge in [0.05, 0.1) is 12.7 Å².